The highest BCUT2D eigenvalue weighted by Crippen LogP contribution is 2.30. The molecular weight excluding hydrogens is 239 g/mol. The molecule has 4 heteroatoms. The molecule has 0 radical (unpaired) electrons. The molecule has 0 atom stereocenters. The summed E-state index contributed by atoms with van der Waals surface area (Å²) < 4.78 is 13.1. The minimum Gasteiger partial charge on any atom is -0.397 e. The molecule has 0 fully saturated rings. The molecule has 88 valence electrons. The van der Waals surface area contributed by atoms with Gasteiger partial charge in [0.25, 0.3) is 0 Å². The summed E-state index contributed by atoms with van der Waals surface area (Å²) in [4.78, 5) is 1.81. The first-order chi connectivity index (χ1) is 8.08. The first-order valence-corrected chi connectivity index (χ1v) is 5.50. The van der Waals surface area contributed by atoms with Crippen molar-refractivity contribution in [3.63, 3.8) is 0 Å². The van der Waals surface area contributed by atoms with Gasteiger partial charge in [0.1, 0.15) is 5.82 Å². The van der Waals surface area contributed by atoms with Crippen LogP contribution in [-0.2, 0) is 0 Å². The molecule has 0 unspecified atom stereocenters. The van der Waals surface area contributed by atoms with Gasteiger partial charge in [0.2, 0.25) is 0 Å². The van der Waals surface area contributed by atoms with Gasteiger partial charge in [0.15, 0.2) is 0 Å². The molecule has 0 saturated heterocycles. The Morgan fingerprint density at radius 1 is 1.18 bits per heavy atom. The maximum Gasteiger partial charge on any atom is 0.125 e. The Bertz CT molecular complexity index is 543. The van der Waals surface area contributed by atoms with E-state index >= 15 is 0 Å². The van der Waals surface area contributed by atoms with E-state index in [1.165, 1.54) is 12.1 Å². The zero-order chi connectivity index (χ0) is 12.4. The van der Waals surface area contributed by atoms with Crippen LogP contribution in [0.4, 0.5) is 21.5 Å². The number of nitrogens with two attached hydrogens (primary N) is 1. The third kappa shape index (κ3) is 2.50. The van der Waals surface area contributed by atoms with Crippen LogP contribution >= 0.6 is 11.6 Å². The fourth-order valence-corrected chi connectivity index (χ4v) is 1.84. The lowest BCUT2D eigenvalue weighted by molar-refractivity contribution is 0.628. The number of halogens is 2. The molecular formula is C13H12ClFN2. The molecule has 0 aliphatic heterocycles. The van der Waals surface area contributed by atoms with Gasteiger partial charge in [-0.05, 0) is 36.4 Å². The lowest BCUT2D eigenvalue weighted by atomic mass is 10.2. The van der Waals surface area contributed by atoms with E-state index in [1.54, 1.807) is 18.2 Å². The van der Waals surface area contributed by atoms with Gasteiger partial charge in [0.05, 0.1) is 11.4 Å². The lowest BCUT2D eigenvalue weighted by Crippen LogP contribution is -2.11. The average molecular weight is 251 g/mol. The monoisotopic (exact) mass is 250 g/mol. The summed E-state index contributed by atoms with van der Waals surface area (Å²) >= 11 is 5.83. The summed E-state index contributed by atoms with van der Waals surface area (Å²) in [6, 6.07) is 11.6. The molecule has 0 saturated carbocycles. The van der Waals surface area contributed by atoms with E-state index in [-0.39, 0.29) is 5.82 Å². The molecule has 0 heterocycles. The first kappa shape index (κ1) is 11.7. The van der Waals surface area contributed by atoms with E-state index < -0.39 is 0 Å². The second-order valence-electron chi connectivity index (χ2n) is 3.74. The molecule has 2 N–H and O–H groups in total. The quantitative estimate of drug-likeness (QED) is 0.821. The summed E-state index contributed by atoms with van der Waals surface area (Å²) in [5.41, 5.74) is 7.96. The van der Waals surface area contributed by atoms with Crippen LogP contribution in [-0.4, -0.2) is 7.05 Å². The molecule has 2 rings (SSSR count). The predicted octanol–water partition coefficient (Wildman–Crippen LogP) is 3.83. The minimum atomic E-state index is -0.276. The molecule has 0 aliphatic rings. The van der Waals surface area contributed by atoms with Gasteiger partial charge >= 0.3 is 0 Å². The number of nitrogens with zero attached hydrogens (tertiary/aromatic N) is 1. The van der Waals surface area contributed by atoms with Crippen LogP contribution in [0.1, 0.15) is 0 Å². The lowest BCUT2D eigenvalue weighted by Gasteiger charge is -2.21. The molecule has 0 aliphatic carbocycles. The van der Waals surface area contributed by atoms with Crippen molar-refractivity contribution in [2.24, 2.45) is 0 Å². The number of rotatable bonds is 2. The van der Waals surface area contributed by atoms with Gasteiger partial charge in [-0.15, -0.1) is 0 Å². The molecule has 2 aromatic carbocycles. The Kier molecular flexibility index (Phi) is 3.20. The Morgan fingerprint density at radius 3 is 2.59 bits per heavy atom. The van der Waals surface area contributed by atoms with Crippen molar-refractivity contribution >= 4 is 28.7 Å². The van der Waals surface area contributed by atoms with Gasteiger partial charge in [-0.3, -0.25) is 0 Å². The summed E-state index contributed by atoms with van der Waals surface area (Å²) in [6.45, 7) is 0. The van der Waals surface area contributed by atoms with Crippen molar-refractivity contribution in [3.05, 3.63) is 53.3 Å². The van der Waals surface area contributed by atoms with Gasteiger partial charge < -0.3 is 10.6 Å². The predicted molar refractivity (Wildman–Crippen MR) is 70.3 cm³/mol. The van der Waals surface area contributed by atoms with E-state index in [2.05, 4.69) is 0 Å². The van der Waals surface area contributed by atoms with Crippen LogP contribution in [0.15, 0.2) is 42.5 Å². The second kappa shape index (κ2) is 4.63. The number of nitrogen functional groups attached to an aromatic ring is 1. The maximum absolute atomic E-state index is 13.1. The fourth-order valence-electron chi connectivity index (χ4n) is 1.65. The van der Waals surface area contributed by atoms with Crippen molar-refractivity contribution < 1.29 is 4.39 Å². The van der Waals surface area contributed by atoms with Crippen LogP contribution in [0.5, 0.6) is 0 Å². The third-order valence-electron chi connectivity index (χ3n) is 2.55. The summed E-state index contributed by atoms with van der Waals surface area (Å²) in [7, 11) is 1.83. The highest BCUT2D eigenvalue weighted by molar-refractivity contribution is 6.31. The van der Waals surface area contributed by atoms with E-state index in [9.17, 15) is 4.39 Å². The largest absolute Gasteiger partial charge is 0.397 e. The van der Waals surface area contributed by atoms with E-state index in [4.69, 9.17) is 17.3 Å². The molecule has 0 spiro atoms. The van der Waals surface area contributed by atoms with Crippen LogP contribution in [0.3, 0.4) is 0 Å². The number of anilines is 3. The maximum atomic E-state index is 13.1. The molecule has 0 aromatic heterocycles. The van der Waals surface area contributed by atoms with Crippen molar-refractivity contribution in [2.75, 3.05) is 17.7 Å². The molecule has 0 amide bonds. The Balaban J connectivity index is 2.40. The summed E-state index contributed by atoms with van der Waals surface area (Å²) in [5.74, 6) is -0.276. The van der Waals surface area contributed by atoms with Crippen LogP contribution in [0, 0.1) is 5.82 Å². The highest BCUT2D eigenvalue weighted by atomic mass is 35.5. The van der Waals surface area contributed by atoms with Crippen LogP contribution in [0.2, 0.25) is 5.02 Å². The van der Waals surface area contributed by atoms with E-state index in [0.717, 1.165) is 11.4 Å². The SMILES string of the molecule is CN(c1cccc(F)c1)c1ccc(Cl)cc1N. The average Bonchev–Trinajstić information content (AvgIpc) is 2.28. The van der Waals surface area contributed by atoms with E-state index in [0.29, 0.717) is 10.7 Å². The van der Waals surface area contributed by atoms with E-state index in [1.807, 2.05) is 24.1 Å². The Morgan fingerprint density at radius 2 is 1.94 bits per heavy atom. The van der Waals surface area contributed by atoms with Crippen molar-refractivity contribution in [3.8, 4) is 0 Å². The van der Waals surface area contributed by atoms with Crippen molar-refractivity contribution in [1.82, 2.24) is 0 Å². The number of hydrogen-bond donors (Lipinski definition) is 1. The standard InChI is InChI=1S/C13H12ClFN2/c1-17(11-4-2-3-10(15)8-11)13-6-5-9(14)7-12(13)16/h2-8H,16H2,1H3. The second-order valence-corrected chi connectivity index (χ2v) is 4.18. The van der Waals surface area contributed by atoms with Gasteiger partial charge in [-0.1, -0.05) is 17.7 Å². The zero-order valence-electron chi connectivity index (χ0n) is 9.32. The van der Waals surface area contributed by atoms with Crippen molar-refractivity contribution in [1.29, 1.82) is 0 Å². The van der Waals surface area contributed by atoms with Gasteiger partial charge in [0, 0.05) is 17.8 Å². The third-order valence-corrected chi connectivity index (χ3v) is 2.78. The fraction of sp³-hybridized carbons (Fsp3) is 0.0769. The normalized spacial score (nSPS) is 10.3. The molecule has 0 bridgehead atoms. The summed E-state index contributed by atoms with van der Waals surface area (Å²) in [5, 5.41) is 0.582. The number of benzene rings is 2. The summed E-state index contributed by atoms with van der Waals surface area (Å²) in [6.07, 6.45) is 0. The Labute approximate surface area is 104 Å². The zero-order valence-corrected chi connectivity index (χ0v) is 10.1. The molecule has 2 nitrogen and oxygen atoms in total. The molecule has 17 heavy (non-hydrogen) atoms. The molecule has 2 aromatic rings. The number of hydrogen-bond acceptors (Lipinski definition) is 2. The van der Waals surface area contributed by atoms with Gasteiger partial charge in [-0.2, -0.15) is 0 Å². The minimum absolute atomic E-state index is 0.276. The van der Waals surface area contributed by atoms with Crippen LogP contribution < -0.4 is 10.6 Å². The topological polar surface area (TPSA) is 29.3 Å². The van der Waals surface area contributed by atoms with Gasteiger partial charge in [-0.25, -0.2) is 4.39 Å². The highest BCUT2D eigenvalue weighted by Gasteiger charge is 2.08. The van der Waals surface area contributed by atoms with Crippen molar-refractivity contribution in [2.45, 2.75) is 0 Å². The van der Waals surface area contributed by atoms with Crippen LogP contribution in [0.25, 0.3) is 0 Å². The Hall–Kier alpha value is -1.74. The first-order valence-electron chi connectivity index (χ1n) is 5.12. The smallest absolute Gasteiger partial charge is 0.125 e.